The van der Waals surface area contributed by atoms with Crippen LogP contribution in [0.2, 0.25) is 0 Å². The van der Waals surface area contributed by atoms with Crippen molar-refractivity contribution < 1.29 is 40.2 Å². The summed E-state index contributed by atoms with van der Waals surface area (Å²) in [6.45, 7) is 0.477. The molecule has 0 saturated carbocycles. The quantitative estimate of drug-likeness (QED) is 0.465. The van der Waals surface area contributed by atoms with Crippen LogP contribution in [-0.2, 0) is 21.2 Å². The predicted octanol–water partition coefficient (Wildman–Crippen LogP) is 4.07. The van der Waals surface area contributed by atoms with Crippen molar-refractivity contribution in [3.8, 4) is 5.75 Å². The molecule has 32 heavy (non-hydrogen) atoms. The number of piperidine rings is 1. The van der Waals surface area contributed by atoms with Crippen LogP contribution in [0.25, 0.3) is 0 Å². The number of hydrogen-bond acceptors (Lipinski definition) is 5. The Morgan fingerprint density at radius 1 is 1.00 bits per heavy atom. The summed E-state index contributed by atoms with van der Waals surface area (Å²) in [6.07, 6.45) is 0.768. The van der Waals surface area contributed by atoms with E-state index in [2.05, 4.69) is 0 Å². The predicted molar refractivity (Wildman–Crippen MR) is 106 cm³/mol. The highest BCUT2D eigenvalue weighted by Crippen LogP contribution is 2.33. The number of carbonyl (C=O) groups is 1. The SMILES string of the molecule is CS(=O)(=O)c1c(F)c(F)c(OCC2CCN(C(=O)OCc3ccccc3)CC2)c(F)c1F. The molecule has 3 rings (SSSR count). The van der Waals surface area contributed by atoms with Gasteiger partial charge in [0.25, 0.3) is 0 Å². The molecule has 1 heterocycles. The Labute approximate surface area is 182 Å². The molecule has 2 aromatic rings. The summed E-state index contributed by atoms with van der Waals surface area (Å²) < 4.78 is 89.3. The van der Waals surface area contributed by atoms with E-state index in [1.807, 2.05) is 30.3 Å². The van der Waals surface area contributed by atoms with E-state index in [0.717, 1.165) is 5.56 Å². The van der Waals surface area contributed by atoms with E-state index in [1.165, 1.54) is 4.90 Å². The number of nitrogens with zero attached hydrogens (tertiary/aromatic N) is 1. The monoisotopic (exact) mass is 475 g/mol. The molecule has 0 aliphatic carbocycles. The minimum absolute atomic E-state index is 0.127. The molecule has 1 amide bonds. The molecule has 0 radical (unpaired) electrons. The van der Waals surface area contributed by atoms with Crippen molar-refractivity contribution in [2.75, 3.05) is 26.0 Å². The van der Waals surface area contributed by atoms with Crippen LogP contribution in [-0.4, -0.2) is 45.4 Å². The second kappa shape index (κ2) is 9.76. The van der Waals surface area contributed by atoms with Gasteiger partial charge in [0.15, 0.2) is 27.2 Å². The fourth-order valence-corrected chi connectivity index (χ4v) is 4.17. The largest absolute Gasteiger partial charge is 0.487 e. The molecule has 174 valence electrons. The third-order valence-corrected chi connectivity index (χ3v) is 6.19. The van der Waals surface area contributed by atoms with Crippen LogP contribution < -0.4 is 4.74 Å². The van der Waals surface area contributed by atoms with Gasteiger partial charge in [-0.2, -0.15) is 8.78 Å². The lowest BCUT2D eigenvalue weighted by atomic mass is 9.98. The van der Waals surface area contributed by atoms with Gasteiger partial charge in [0.2, 0.25) is 11.6 Å². The van der Waals surface area contributed by atoms with Gasteiger partial charge in [-0.05, 0) is 24.3 Å². The third kappa shape index (κ3) is 5.32. The summed E-state index contributed by atoms with van der Waals surface area (Å²) in [6, 6.07) is 9.14. The van der Waals surface area contributed by atoms with Crippen LogP contribution in [0.4, 0.5) is 22.4 Å². The number of ether oxygens (including phenoxy) is 2. The van der Waals surface area contributed by atoms with Crippen molar-refractivity contribution >= 4 is 15.9 Å². The molecule has 1 fully saturated rings. The summed E-state index contributed by atoms with van der Waals surface area (Å²) in [7, 11) is -4.53. The number of carbonyl (C=O) groups excluding carboxylic acids is 1. The normalized spacial score (nSPS) is 15.0. The lowest BCUT2D eigenvalue weighted by Crippen LogP contribution is -2.40. The lowest BCUT2D eigenvalue weighted by Gasteiger charge is -2.31. The van der Waals surface area contributed by atoms with Crippen molar-refractivity contribution in [3.63, 3.8) is 0 Å². The Morgan fingerprint density at radius 3 is 2.09 bits per heavy atom. The van der Waals surface area contributed by atoms with Crippen LogP contribution >= 0.6 is 0 Å². The van der Waals surface area contributed by atoms with Gasteiger partial charge in [-0.15, -0.1) is 0 Å². The fourth-order valence-electron chi connectivity index (χ4n) is 3.34. The Kier molecular flexibility index (Phi) is 7.27. The summed E-state index contributed by atoms with van der Waals surface area (Å²) in [5, 5.41) is 0. The minimum atomic E-state index is -4.53. The number of hydrogen-bond donors (Lipinski definition) is 0. The molecule has 0 unspecified atom stereocenters. The molecule has 6 nitrogen and oxygen atoms in total. The van der Waals surface area contributed by atoms with Gasteiger partial charge in [-0.25, -0.2) is 22.0 Å². The molecule has 0 atom stereocenters. The van der Waals surface area contributed by atoms with Crippen LogP contribution in [0.5, 0.6) is 5.75 Å². The van der Waals surface area contributed by atoms with Crippen molar-refractivity contribution in [1.82, 2.24) is 4.90 Å². The average molecular weight is 475 g/mol. The molecule has 1 aliphatic heterocycles. The first-order chi connectivity index (χ1) is 15.1. The zero-order valence-corrected chi connectivity index (χ0v) is 17.9. The van der Waals surface area contributed by atoms with Crippen molar-refractivity contribution in [3.05, 3.63) is 59.2 Å². The molecule has 0 bridgehead atoms. The Morgan fingerprint density at radius 2 is 1.56 bits per heavy atom. The van der Waals surface area contributed by atoms with E-state index in [1.54, 1.807) is 0 Å². The van der Waals surface area contributed by atoms with E-state index in [9.17, 15) is 30.8 Å². The molecule has 0 aromatic heterocycles. The zero-order valence-electron chi connectivity index (χ0n) is 17.1. The maximum atomic E-state index is 14.1. The first kappa shape index (κ1) is 23.8. The van der Waals surface area contributed by atoms with E-state index >= 15 is 0 Å². The first-order valence-electron chi connectivity index (χ1n) is 9.74. The highest BCUT2D eigenvalue weighted by Gasteiger charge is 2.32. The highest BCUT2D eigenvalue weighted by molar-refractivity contribution is 7.90. The van der Waals surface area contributed by atoms with Crippen LogP contribution in [0.15, 0.2) is 35.2 Å². The number of halogens is 4. The van der Waals surface area contributed by atoms with Gasteiger partial charge in [-0.1, -0.05) is 30.3 Å². The van der Waals surface area contributed by atoms with Gasteiger partial charge in [0.05, 0.1) is 6.61 Å². The van der Waals surface area contributed by atoms with E-state index < -0.39 is 49.8 Å². The topological polar surface area (TPSA) is 72.9 Å². The maximum Gasteiger partial charge on any atom is 0.410 e. The Hall–Kier alpha value is -2.82. The Balaban J connectivity index is 1.56. The van der Waals surface area contributed by atoms with Gasteiger partial charge in [-0.3, -0.25) is 0 Å². The van der Waals surface area contributed by atoms with Crippen LogP contribution in [0.3, 0.4) is 0 Å². The molecule has 0 N–H and O–H groups in total. The van der Waals surface area contributed by atoms with Gasteiger partial charge < -0.3 is 14.4 Å². The highest BCUT2D eigenvalue weighted by atomic mass is 32.2. The van der Waals surface area contributed by atoms with Crippen molar-refractivity contribution in [2.24, 2.45) is 5.92 Å². The number of rotatable bonds is 6. The molecule has 1 aliphatic rings. The number of benzene rings is 2. The number of amides is 1. The first-order valence-corrected chi connectivity index (χ1v) is 11.6. The number of likely N-dealkylation sites (tertiary alicyclic amines) is 1. The fraction of sp³-hybridized carbons (Fsp3) is 0.381. The smallest absolute Gasteiger partial charge is 0.410 e. The van der Waals surface area contributed by atoms with Crippen molar-refractivity contribution in [1.29, 1.82) is 0 Å². The Bertz CT molecular complexity index is 1060. The summed E-state index contributed by atoms with van der Waals surface area (Å²) in [5.74, 6) is -9.43. The molecule has 2 aromatic carbocycles. The number of sulfone groups is 1. The van der Waals surface area contributed by atoms with Gasteiger partial charge >= 0.3 is 6.09 Å². The van der Waals surface area contributed by atoms with Gasteiger partial charge in [0, 0.05) is 19.3 Å². The summed E-state index contributed by atoms with van der Waals surface area (Å²) in [5.41, 5.74) is 0.842. The van der Waals surface area contributed by atoms with Crippen LogP contribution in [0.1, 0.15) is 18.4 Å². The summed E-state index contributed by atoms with van der Waals surface area (Å²) >= 11 is 0. The van der Waals surface area contributed by atoms with E-state index in [-0.39, 0.29) is 19.1 Å². The molecule has 11 heteroatoms. The minimum Gasteiger partial charge on any atom is -0.487 e. The van der Waals surface area contributed by atoms with Crippen LogP contribution in [0, 0.1) is 29.2 Å². The maximum absolute atomic E-state index is 14.1. The average Bonchev–Trinajstić information content (AvgIpc) is 2.76. The van der Waals surface area contributed by atoms with E-state index in [0.29, 0.717) is 32.2 Å². The molecular weight excluding hydrogens is 454 g/mol. The second-order valence-corrected chi connectivity index (χ2v) is 9.42. The summed E-state index contributed by atoms with van der Waals surface area (Å²) in [4.78, 5) is 12.0. The third-order valence-electron chi connectivity index (χ3n) is 5.09. The zero-order chi connectivity index (χ0) is 23.5. The standard InChI is InChI=1S/C21H21F4NO5S/c1-32(28,29)20-17(24)15(22)19(16(23)18(20)25)30-11-14-7-9-26(10-8-14)21(27)31-12-13-5-3-2-4-6-13/h2-6,14H,7-12H2,1H3. The molecule has 0 spiro atoms. The lowest BCUT2D eigenvalue weighted by molar-refractivity contribution is 0.0752. The van der Waals surface area contributed by atoms with Gasteiger partial charge in [0.1, 0.15) is 11.5 Å². The molecule has 1 saturated heterocycles. The van der Waals surface area contributed by atoms with Crippen molar-refractivity contribution in [2.45, 2.75) is 24.3 Å². The van der Waals surface area contributed by atoms with E-state index in [4.69, 9.17) is 9.47 Å². The second-order valence-electron chi connectivity index (χ2n) is 7.47. The molecular formula is C21H21F4NO5S.